The van der Waals surface area contributed by atoms with E-state index in [1.54, 1.807) is 0 Å². The Bertz CT molecular complexity index is 284. The largest absolute Gasteiger partial charge is 0.299 e. The highest BCUT2D eigenvalue weighted by Gasteiger charge is 2.17. The van der Waals surface area contributed by atoms with Gasteiger partial charge < -0.3 is 0 Å². The molecule has 1 fully saturated rings. The Labute approximate surface area is 92.3 Å². The summed E-state index contributed by atoms with van der Waals surface area (Å²) < 4.78 is 0. The van der Waals surface area contributed by atoms with Gasteiger partial charge in [0.25, 0.3) is 0 Å². The Morgan fingerprint density at radius 3 is 2.93 bits per heavy atom. The van der Waals surface area contributed by atoms with E-state index in [9.17, 15) is 0 Å². The number of rotatable bonds is 1. The van der Waals surface area contributed by atoms with Gasteiger partial charge in [0.15, 0.2) is 0 Å². The molecule has 2 nitrogen and oxygen atoms in total. The van der Waals surface area contributed by atoms with Gasteiger partial charge in [0, 0.05) is 18.4 Å². The monoisotopic (exact) mass is 204 g/mol. The first-order chi connectivity index (χ1) is 7.38. The average Bonchev–Trinajstić information content (AvgIpc) is 2.25. The molecule has 0 N–H and O–H groups in total. The number of hydrogen-bond donors (Lipinski definition) is 0. The van der Waals surface area contributed by atoms with E-state index in [1.807, 2.05) is 18.5 Å². The second-order valence-corrected chi connectivity index (χ2v) is 4.49. The van der Waals surface area contributed by atoms with Crippen LogP contribution < -0.4 is 0 Å². The van der Waals surface area contributed by atoms with Crippen LogP contribution in [0.3, 0.4) is 0 Å². The van der Waals surface area contributed by atoms with Crippen LogP contribution >= 0.6 is 0 Å². The fourth-order valence-corrected chi connectivity index (χ4v) is 2.42. The molecule has 1 aliphatic rings. The summed E-state index contributed by atoms with van der Waals surface area (Å²) in [5.41, 5.74) is 1.38. The molecule has 2 heterocycles. The van der Waals surface area contributed by atoms with E-state index in [0.717, 1.165) is 0 Å². The quantitative estimate of drug-likeness (QED) is 0.699. The number of pyridine rings is 1. The van der Waals surface area contributed by atoms with E-state index in [2.05, 4.69) is 23.0 Å². The van der Waals surface area contributed by atoms with Crippen molar-refractivity contribution in [2.24, 2.45) is 0 Å². The van der Waals surface area contributed by atoms with Gasteiger partial charge in [0.2, 0.25) is 0 Å². The smallest absolute Gasteiger partial charge is 0.0360 e. The van der Waals surface area contributed by atoms with E-state index in [4.69, 9.17) is 0 Å². The van der Waals surface area contributed by atoms with Crippen LogP contribution in [0.4, 0.5) is 0 Å². The summed E-state index contributed by atoms with van der Waals surface area (Å²) in [6, 6.07) is 4.83. The molecule has 0 aromatic carbocycles. The maximum Gasteiger partial charge on any atom is 0.0360 e. The SMILES string of the molecule is CN1CCCCCCC1c1cccnc1. The maximum absolute atomic E-state index is 4.22. The molecular formula is C13H20N2. The highest BCUT2D eigenvalue weighted by molar-refractivity contribution is 5.13. The van der Waals surface area contributed by atoms with Crippen molar-refractivity contribution in [2.75, 3.05) is 13.6 Å². The summed E-state index contributed by atoms with van der Waals surface area (Å²) in [6.45, 7) is 1.22. The van der Waals surface area contributed by atoms with E-state index >= 15 is 0 Å². The third-order valence-electron chi connectivity index (χ3n) is 3.34. The van der Waals surface area contributed by atoms with Gasteiger partial charge in [-0.15, -0.1) is 0 Å². The Kier molecular flexibility index (Phi) is 3.73. The standard InChI is InChI=1S/C13H20N2/c1-15-10-5-3-2-4-8-13(15)12-7-6-9-14-11-12/h6-7,9,11,13H,2-5,8,10H2,1H3. The Morgan fingerprint density at radius 2 is 2.13 bits per heavy atom. The van der Waals surface area contributed by atoms with E-state index < -0.39 is 0 Å². The van der Waals surface area contributed by atoms with Crippen LogP contribution in [-0.2, 0) is 0 Å². The molecule has 1 saturated heterocycles. The lowest BCUT2D eigenvalue weighted by atomic mass is 9.97. The van der Waals surface area contributed by atoms with E-state index in [-0.39, 0.29) is 0 Å². The highest BCUT2D eigenvalue weighted by atomic mass is 15.1. The van der Waals surface area contributed by atoms with Crippen LogP contribution in [0.2, 0.25) is 0 Å². The zero-order valence-corrected chi connectivity index (χ0v) is 9.52. The number of likely N-dealkylation sites (tertiary alicyclic amines) is 1. The highest BCUT2D eigenvalue weighted by Crippen LogP contribution is 2.27. The molecule has 1 aliphatic heterocycles. The van der Waals surface area contributed by atoms with Crippen LogP contribution in [0.25, 0.3) is 0 Å². The molecule has 0 radical (unpaired) electrons. The summed E-state index contributed by atoms with van der Waals surface area (Å²) in [5.74, 6) is 0. The van der Waals surface area contributed by atoms with Gasteiger partial charge in [-0.05, 0) is 38.1 Å². The van der Waals surface area contributed by atoms with Crippen LogP contribution in [0.5, 0.6) is 0 Å². The van der Waals surface area contributed by atoms with Crippen LogP contribution in [0.15, 0.2) is 24.5 Å². The Balaban J connectivity index is 2.10. The van der Waals surface area contributed by atoms with Gasteiger partial charge in [0.05, 0.1) is 0 Å². The van der Waals surface area contributed by atoms with E-state index in [1.165, 1.54) is 44.2 Å². The Morgan fingerprint density at radius 1 is 1.27 bits per heavy atom. The van der Waals surface area contributed by atoms with Gasteiger partial charge >= 0.3 is 0 Å². The third-order valence-corrected chi connectivity index (χ3v) is 3.34. The van der Waals surface area contributed by atoms with Crippen molar-refractivity contribution in [2.45, 2.75) is 38.1 Å². The fourth-order valence-electron chi connectivity index (χ4n) is 2.42. The second kappa shape index (κ2) is 5.26. The zero-order chi connectivity index (χ0) is 10.5. The lowest BCUT2D eigenvalue weighted by molar-refractivity contribution is 0.209. The number of hydrogen-bond acceptors (Lipinski definition) is 2. The molecule has 1 unspecified atom stereocenters. The van der Waals surface area contributed by atoms with Gasteiger partial charge in [-0.3, -0.25) is 9.88 Å². The second-order valence-electron chi connectivity index (χ2n) is 4.49. The van der Waals surface area contributed by atoms with Crippen molar-refractivity contribution in [3.63, 3.8) is 0 Å². The molecule has 0 bridgehead atoms. The van der Waals surface area contributed by atoms with Crippen molar-refractivity contribution in [3.05, 3.63) is 30.1 Å². The van der Waals surface area contributed by atoms with Crippen molar-refractivity contribution < 1.29 is 0 Å². The number of aromatic nitrogens is 1. The minimum absolute atomic E-state index is 0.582. The summed E-state index contributed by atoms with van der Waals surface area (Å²) in [5, 5.41) is 0. The van der Waals surface area contributed by atoms with Crippen molar-refractivity contribution in [3.8, 4) is 0 Å². The number of nitrogens with zero attached hydrogens (tertiary/aromatic N) is 2. The fraction of sp³-hybridized carbons (Fsp3) is 0.615. The topological polar surface area (TPSA) is 16.1 Å². The van der Waals surface area contributed by atoms with Gasteiger partial charge in [0.1, 0.15) is 0 Å². The van der Waals surface area contributed by atoms with Gasteiger partial charge in [-0.1, -0.05) is 25.3 Å². The third kappa shape index (κ3) is 2.78. The maximum atomic E-state index is 4.22. The van der Waals surface area contributed by atoms with E-state index in [0.29, 0.717) is 6.04 Å². The minimum atomic E-state index is 0.582. The van der Waals surface area contributed by atoms with Crippen molar-refractivity contribution >= 4 is 0 Å². The predicted octanol–water partition coefficient (Wildman–Crippen LogP) is 3.02. The summed E-state index contributed by atoms with van der Waals surface area (Å²) >= 11 is 0. The summed E-state index contributed by atoms with van der Waals surface area (Å²) in [4.78, 5) is 6.70. The zero-order valence-electron chi connectivity index (χ0n) is 9.52. The Hall–Kier alpha value is -0.890. The molecule has 0 aliphatic carbocycles. The molecule has 82 valence electrons. The average molecular weight is 204 g/mol. The molecule has 2 rings (SSSR count). The lowest BCUT2D eigenvalue weighted by Gasteiger charge is -2.30. The van der Waals surface area contributed by atoms with Crippen molar-refractivity contribution in [1.82, 2.24) is 9.88 Å². The normalized spacial score (nSPS) is 24.5. The first kappa shape index (κ1) is 10.6. The molecule has 0 spiro atoms. The molecule has 1 atom stereocenters. The predicted molar refractivity (Wildman–Crippen MR) is 62.7 cm³/mol. The molecule has 0 amide bonds. The van der Waals surface area contributed by atoms with Gasteiger partial charge in [-0.2, -0.15) is 0 Å². The van der Waals surface area contributed by atoms with Gasteiger partial charge in [-0.25, -0.2) is 0 Å². The molecule has 1 aromatic heterocycles. The molecular weight excluding hydrogens is 184 g/mol. The first-order valence-corrected chi connectivity index (χ1v) is 5.98. The molecule has 2 heteroatoms. The lowest BCUT2D eigenvalue weighted by Crippen LogP contribution is -2.27. The molecule has 0 saturated carbocycles. The van der Waals surface area contributed by atoms with Crippen LogP contribution in [0, 0.1) is 0 Å². The molecule has 1 aromatic rings. The summed E-state index contributed by atoms with van der Waals surface area (Å²) in [7, 11) is 2.24. The first-order valence-electron chi connectivity index (χ1n) is 5.98. The van der Waals surface area contributed by atoms with Crippen LogP contribution in [0.1, 0.15) is 43.7 Å². The minimum Gasteiger partial charge on any atom is -0.299 e. The van der Waals surface area contributed by atoms with Crippen molar-refractivity contribution in [1.29, 1.82) is 0 Å². The molecule has 15 heavy (non-hydrogen) atoms. The van der Waals surface area contributed by atoms with Crippen LogP contribution in [-0.4, -0.2) is 23.5 Å². The summed E-state index contributed by atoms with van der Waals surface area (Å²) in [6.07, 6.45) is 10.6.